The molecule has 0 bridgehead atoms. The molecule has 0 saturated heterocycles. The molecule has 0 amide bonds. The first-order valence-corrected chi connectivity index (χ1v) is 18.8. The Morgan fingerprint density at radius 3 is 1.16 bits per heavy atom. The molecule has 2 rings (SSSR count). The number of ether oxygens (including phenoxy) is 10. The molecular formula is C40H66O10. The highest BCUT2D eigenvalue weighted by Crippen LogP contribution is 2.15. The number of hydrogen-bond donors (Lipinski definition) is 0. The van der Waals surface area contributed by atoms with Crippen LogP contribution < -0.4 is 4.74 Å². The second-order valence-electron chi connectivity index (χ2n) is 11.8. The summed E-state index contributed by atoms with van der Waals surface area (Å²) in [6.07, 6.45) is 10.5. The lowest BCUT2D eigenvalue weighted by molar-refractivity contribution is -0.0257. The van der Waals surface area contributed by atoms with E-state index in [2.05, 4.69) is 31.2 Å². The van der Waals surface area contributed by atoms with E-state index in [1.54, 1.807) is 0 Å². The minimum Gasteiger partial charge on any atom is -0.491 e. The van der Waals surface area contributed by atoms with Gasteiger partial charge in [-0.05, 0) is 36.1 Å². The predicted molar refractivity (Wildman–Crippen MR) is 196 cm³/mol. The Hall–Kier alpha value is -2.12. The first-order chi connectivity index (χ1) is 24.9. The summed E-state index contributed by atoms with van der Waals surface area (Å²) in [5, 5.41) is 0. The number of benzene rings is 2. The van der Waals surface area contributed by atoms with Gasteiger partial charge in [-0.15, -0.1) is 0 Å². The molecular weight excluding hydrogens is 640 g/mol. The summed E-state index contributed by atoms with van der Waals surface area (Å²) in [6, 6.07) is 18.6. The standard InChI is InChI=1S/C40H66O10/c1-2-3-4-5-6-7-9-12-38-15-17-40(18-16-38)50-36-35-48-32-31-46-28-27-44-24-23-42-20-19-41-21-22-43-25-26-45-29-30-47-33-34-49-37-39-13-10-8-11-14-39/h8,10-11,13-18H,2-7,9,12,19-37H2,1H3. The SMILES string of the molecule is CCCCCCCCCc1ccc(OCCOCCOCCOCCOCCOCCOCCOCCOCCOCc2ccccc2)cc1. The molecule has 2 aromatic rings. The molecule has 10 nitrogen and oxygen atoms in total. The molecule has 50 heavy (non-hydrogen) atoms. The molecule has 0 saturated carbocycles. The Balaban J connectivity index is 1.19. The molecule has 0 spiro atoms. The van der Waals surface area contributed by atoms with Gasteiger partial charge in [0, 0.05) is 0 Å². The van der Waals surface area contributed by atoms with E-state index in [4.69, 9.17) is 47.4 Å². The zero-order valence-corrected chi connectivity index (χ0v) is 30.9. The summed E-state index contributed by atoms with van der Waals surface area (Å²) in [7, 11) is 0. The molecule has 286 valence electrons. The first-order valence-electron chi connectivity index (χ1n) is 18.8. The first kappa shape index (κ1) is 44.0. The maximum atomic E-state index is 5.79. The summed E-state index contributed by atoms with van der Waals surface area (Å²) >= 11 is 0. The minimum absolute atomic E-state index is 0.520. The zero-order valence-electron chi connectivity index (χ0n) is 30.9. The van der Waals surface area contributed by atoms with Crippen molar-refractivity contribution in [3.8, 4) is 5.75 Å². The van der Waals surface area contributed by atoms with Gasteiger partial charge in [-0.3, -0.25) is 0 Å². The van der Waals surface area contributed by atoms with E-state index in [1.165, 1.54) is 50.5 Å². The van der Waals surface area contributed by atoms with Gasteiger partial charge in [0.15, 0.2) is 0 Å². The number of unbranched alkanes of at least 4 members (excludes halogenated alkanes) is 6. The Bertz CT molecular complexity index is 947. The molecule has 0 atom stereocenters. The van der Waals surface area contributed by atoms with Crippen LogP contribution in [0.3, 0.4) is 0 Å². The monoisotopic (exact) mass is 706 g/mol. The normalized spacial score (nSPS) is 11.4. The van der Waals surface area contributed by atoms with Gasteiger partial charge in [-0.2, -0.15) is 0 Å². The van der Waals surface area contributed by atoms with Crippen LogP contribution in [-0.4, -0.2) is 119 Å². The van der Waals surface area contributed by atoms with Crippen LogP contribution in [0.5, 0.6) is 5.75 Å². The largest absolute Gasteiger partial charge is 0.491 e. The van der Waals surface area contributed by atoms with Crippen LogP contribution in [-0.2, 0) is 55.7 Å². The van der Waals surface area contributed by atoms with Gasteiger partial charge in [-0.25, -0.2) is 0 Å². The average molecular weight is 707 g/mol. The van der Waals surface area contributed by atoms with Crippen molar-refractivity contribution < 1.29 is 47.4 Å². The fraction of sp³-hybridized carbons (Fsp3) is 0.700. The van der Waals surface area contributed by atoms with Crippen LogP contribution in [0.25, 0.3) is 0 Å². The summed E-state index contributed by atoms with van der Waals surface area (Å²) in [5.41, 5.74) is 2.54. The van der Waals surface area contributed by atoms with Crippen molar-refractivity contribution in [3.63, 3.8) is 0 Å². The van der Waals surface area contributed by atoms with Crippen molar-refractivity contribution in [2.75, 3.05) is 119 Å². The van der Waals surface area contributed by atoms with E-state index in [1.807, 2.05) is 30.3 Å². The second-order valence-corrected chi connectivity index (χ2v) is 11.8. The number of hydrogen-bond acceptors (Lipinski definition) is 10. The minimum atomic E-state index is 0.520. The van der Waals surface area contributed by atoms with Crippen LogP contribution in [0.4, 0.5) is 0 Å². The lowest BCUT2D eigenvalue weighted by atomic mass is 10.0. The Labute approximate surface area is 302 Å². The van der Waals surface area contributed by atoms with Crippen molar-refractivity contribution in [2.24, 2.45) is 0 Å². The van der Waals surface area contributed by atoms with Crippen LogP contribution in [0.2, 0.25) is 0 Å². The van der Waals surface area contributed by atoms with Crippen molar-refractivity contribution in [1.82, 2.24) is 0 Å². The molecule has 0 aromatic heterocycles. The van der Waals surface area contributed by atoms with Gasteiger partial charge in [0.25, 0.3) is 0 Å². The van der Waals surface area contributed by atoms with Gasteiger partial charge in [-0.1, -0.05) is 87.9 Å². The van der Waals surface area contributed by atoms with E-state index in [0.717, 1.165) is 17.7 Å². The molecule has 0 aliphatic heterocycles. The highest BCUT2D eigenvalue weighted by atomic mass is 16.6. The quantitative estimate of drug-likeness (QED) is 0.0702. The number of rotatable bonds is 38. The Morgan fingerprint density at radius 1 is 0.340 bits per heavy atom. The topological polar surface area (TPSA) is 92.3 Å². The van der Waals surface area contributed by atoms with Gasteiger partial charge in [0.1, 0.15) is 12.4 Å². The maximum absolute atomic E-state index is 5.79. The van der Waals surface area contributed by atoms with Crippen LogP contribution in [0, 0.1) is 0 Å². The van der Waals surface area contributed by atoms with E-state index >= 15 is 0 Å². The smallest absolute Gasteiger partial charge is 0.119 e. The fourth-order valence-electron chi connectivity index (χ4n) is 4.78. The Kier molecular flexibility index (Phi) is 31.1. The van der Waals surface area contributed by atoms with Crippen LogP contribution in [0.1, 0.15) is 63.0 Å². The Morgan fingerprint density at radius 2 is 0.720 bits per heavy atom. The van der Waals surface area contributed by atoms with Gasteiger partial charge in [0.2, 0.25) is 0 Å². The highest BCUT2D eigenvalue weighted by molar-refractivity contribution is 5.27. The molecule has 0 unspecified atom stereocenters. The summed E-state index contributed by atoms with van der Waals surface area (Å²) in [5.74, 6) is 0.889. The molecule has 0 aliphatic rings. The van der Waals surface area contributed by atoms with Crippen LogP contribution in [0.15, 0.2) is 54.6 Å². The van der Waals surface area contributed by atoms with Crippen molar-refractivity contribution in [2.45, 2.75) is 64.9 Å². The third-order valence-corrected chi connectivity index (χ3v) is 7.58. The molecule has 0 N–H and O–H groups in total. The second kappa shape index (κ2) is 35.3. The van der Waals surface area contributed by atoms with E-state index in [-0.39, 0.29) is 0 Å². The lowest BCUT2D eigenvalue weighted by Crippen LogP contribution is -2.15. The maximum Gasteiger partial charge on any atom is 0.119 e. The van der Waals surface area contributed by atoms with Gasteiger partial charge >= 0.3 is 0 Å². The summed E-state index contributed by atoms with van der Waals surface area (Å²) < 4.78 is 55.6. The predicted octanol–water partition coefficient (Wildman–Crippen LogP) is 6.71. The van der Waals surface area contributed by atoms with E-state index in [9.17, 15) is 0 Å². The molecule has 0 radical (unpaired) electrons. The fourth-order valence-corrected chi connectivity index (χ4v) is 4.78. The van der Waals surface area contributed by atoms with E-state index in [0.29, 0.717) is 126 Å². The molecule has 10 heteroatoms. The summed E-state index contributed by atoms with van der Waals surface area (Å²) in [4.78, 5) is 0. The van der Waals surface area contributed by atoms with Crippen molar-refractivity contribution >= 4 is 0 Å². The zero-order chi connectivity index (χ0) is 35.3. The van der Waals surface area contributed by atoms with Crippen molar-refractivity contribution in [1.29, 1.82) is 0 Å². The van der Waals surface area contributed by atoms with Gasteiger partial charge in [0.05, 0.1) is 119 Å². The molecule has 0 heterocycles. The van der Waals surface area contributed by atoms with Crippen LogP contribution >= 0.6 is 0 Å². The highest BCUT2D eigenvalue weighted by Gasteiger charge is 1.99. The average Bonchev–Trinajstić information content (AvgIpc) is 3.14. The molecule has 0 aliphatic carbocycles. The molecule has 0 fully saturated rings. The number of aryl methyl sites for hydroxylation is 1. The summed E-state index contributed by atoms with van der Waals surface area (Å²) in [6.45, 7) is 12.4. The third kappa shape index (κ3) is 28.6. The third-order valence-electron chi connectivity index (χ3n) is 7.58. The van der Waals surface area contributed by atoms with Gasteiger partial charge < -0.3 is 47.4 Å². The lowest BCUT2D eigenvalue weighted by Gasteiger charge is -2.09. The van der Waals surface area contributed by atoms with Crippen molar-refractivity contribution in [3.05, 3.63) is 65.7 Å². The van der Waals surface area contributed by atoms with E-state index < -0.39 is 0 Å². The molecule has 2 aromatic carbocycles.